The summed E-state index contributed by atoms with van der Waals surface area (Å²) in [5.41, 5.74) is 1.84. The first-order valence-electron chi connectivity index (χ1n) is 6.62. The van der Waals surface area contributed by atoms with Crippen molar-refractivity contribution in [3.05, 3.63) is 41.1 Å². The molecule has 1 aromatic carbocycles. The van der Waals surface area contributed by atoms with Crippen LogP contribution in [0.2, 0.25) is 0 Å². The Morgan fingerprint density at radius 3 is 2.73 bits per heavy atom. The molecule has 0 atom stereocenters. The molecule has 0 saturated heterocycles. The van der Waals surface area contributed by atoms with Crippen molar-refractivity contribution in [2.75, 3.05) is 26.1 Å². The quantitative estimate of drug-likeness (QED) is 0.625. The summed E-state index contributed by atoms with van der Waals surface area (Å²) in [6, 6.07) is 5.13. The molecule has 1 aliphatic rings. The number of rotatable bonds is 4. The van der Waals surface area contributed by atoms with E-state index in [9.17, 15) is 14.4 Å². The fraction of sp³-hybridized carbons (Fsp3) is 0.267. The standard InChI is InChI=1S/C15H16N2O5/c1-21-13(18)8-12(15(20)22-2)17-11-5-3-4-10-9(11)6-7-16-14(10)19/h3-5,8,17H,6-7H2,1-2H3,(H,16,19)/b12-8+. The lowest BCUT2D eigenvalue weighted by Gasteiger charge is -2.20. The topological polar surface area (TPSA) is 93.7 Å². The normalized spacial score (nSPS) is 13.7. The second kappa shape index (κ2) is 6.75. The number of nitrogens with one attached hydrogen (secondary N) is 2. The van der Waals surface area contributed by atoms with Gasteiger partial charge in [0.1, 0.15) is 5.70 Å². The summed E-state index contributed by atoms with van der Waals surface area (Å²) in [6.45, 7) is 0.513. The van der Waals surface area contributed by atoms with E-state index in [0.717, 1.165) is 11.6 Å². The molecule has 0 aliphatic carbocycles. The highest BCUT2D eigenvalue weighted by Gasteiger charge is 2.21. The van der Waals surface area contributed by atoms with Crippen molar-refractivity contribution in [2.45, 2.75) is 6.42 Å². The Morgan fingerprint density at radius 2 is 2.05 bits per heavy atom. The van der Waals surface area contributed by atoms with Crippen LogP contribution in [-0.4, -0.2) is 38.6 Å². The number of hydrogen-bond donors (Lipinski definition) is 2. The fourth-order valence-electron chi connectivity index (χ4n) is 2.16. The minimum absolute atomic E-state index is 0.0614. The third kappa shape index (κ3) is 3.25. The molecule has 0 spiro atoms. The van der Waals surface area contributed by atoms with Crippen LogP contribution < -0.4 is 10.6 Å². The summed E-state index contributed by atoms with van der Waals surface area (Å²) in [6.07, 6.45) is 1.63. The second-order valence-electron chi connectivity index (χ2n) is 4.54. The van der Waals surface area contributed by atoms with Crippen LogP contribution in [0, 0.1) is 0 Å². The number of esters is 2. The summed E-state index contributed by atoms with van der Waals surface area (Å²) < 4.78 is 9.15. The SMILES string of the molecule is COC(=O)/C=C(/Nc1cccc2c1CCNC2=O)C(=O)OC. The Hall–Kier alpha value is -2.83. The summed E-state index contributed by atoms with van der Waals surface area (Å²) in [5, 5.41) is 5.60. The molecule has 2 rings (SSSR count). The maximum absolute atomic E-state index is 11.8. The molecule has 0 aromatic heterocycles. The molecule has 116 valence electrons. The van der Waals surface area contributed by atoms with Crippen molar-refractivity contribution < 1.29 is 23.9 Å². The molecule has 1 aliphatic heterocycles. The van der Waals surface area contributed by atoms with Gasteiger partial charge in [-0.2, -0.15) is 0 Å². The Labute approximate surface area is 127 Å². The molecular weight excluding hydrogens is 288 g/mol. The zero-order valence-corrected chi connectivity index (χ0v) is 12.3. The molecule has 2 N–H and O–H groups in total. The van der Waals surface area contributed by atoms with Gasteiger partial charge in [0.25, 0.3) is 5.91 Å². The van der Waals surface area contributed by atoms with Crippen LogP contribution in [0.1, 0.15) is 15.9 Å². The Kier molecular flexibility index (Phi) is 4.77. The molecule has 0 bridgehead atoms. The number of methoxy groups -OCH3 is 2. The van der Waals surface area contributed by atoms with Gasteiger partial charge in [0, 0.05) is 17.8 Å². The second-order valence-corrected chi connectivity index (χ2v) is 4.54. The van der Waals surface area contributed by atoms with Gasteiger partial charge in [-0.05, 0) is 24.1 Å². The van der Waals surface area contributed by atoms with Crippen LogP contribution in [0.4, 0.5) is 5.69 Å². The molecule has 1 heterocycles. The van der Waals surface area contributed by atoms with Crippen LogP contribution in [0.5, 0.6) is 0 Å². The maximum atomic E-state index is 11.8. The zero-order valence-electron chi connectivity index (χ0n) is 12.3. The van der Waals surface area contributed by atoms with Gasteiger partial charge >= 0.3 is 11.9 Å². The van der Waals surface area contributed by atoms with Crippen molar-refractivity contribution in [1.82, 2.24) is 5.32 Å². The molecular formula is C15H16N2O5. The molecule has 0 radical (unpaired) electrons. The van der Waals surface area contributed by atoms with Crippen LogP contribution in [-0.2, 0) is 25.5 Å². The van der Waals surface area contributed by atoms with E-state index in [2.05, 4.69) is 20.1 Å². The molecule has 7 heteroatoms. The van der Waals surface area contributed by atoms with Crippen LogP contribution >= 0.6 is 0 Å². The highest BCUT2D eigenvalue weighted by Crippen LogP contribution is 2.24. The van der Waals surface area contributed by atoms with Gasteiger partial charge < -0.3 is 20.1 Å². The summed E-state index contributed by atoms with van der Waals surface area (Å²) in [7, 11) is 2.42. The average Bonchev–Trinajstić information content (AvgIpc) is 2.54. The molecule has 0 fully saturated rings. The molecule has 1 aromatic rings. The van der Waals surface area contributed by atoms with Gasteiger partial charge in [-0.15, -0.1) is 0 Å². The van der Waals surface area contributed by atoms with Gasteiger partial charge in [0.2, 0.25) is 0 Å². The fourth-order valence-corrected chi connectivity index (χ4v) is 2.16. The van der Waals surface area contributed by atoms with E-state index in [0.29, 0.717) is 24.2 Å². The first kappa shape index (κ1) is 15.6. The monoisotopic (exact) mass is 304 g/mol. The molecule has 1 amide bonds. The predicted octanol–water partition coefficient (Wildman–Crippen LogP) is 0.614. The highest BCUT2D eigenvalue weighted by atomic mass is 16.5. The van der Waals surface area contributed by atoms with Crippen molar-refractivity contribution in [1.29, 1.82) is 0 Å². The Morgan fingerprint density at radius 1 is 1.27 bits per heavy atom. The minimum Gasteiger partial charge on any atom is -0.466 e. The third-order valence-corrected chi connectivity index (χ3v) is 3.22. The van der Waals surface area contributed by atoms with E-state index in [1.807, 2.05) is 0 Å². The first-order valence-corrected chi connectivity index (χ1v) is 6.62. The average molecular weight is 304 g/mol. The van der Waals surface area contributed by atoms with Gasteiger partial charge in [0.05, 0.1) is 20.3 Å². The maximum Gasteiger partial charge on any atom is 0.354 e. The lowest BCUT2D eigenvalue weighted by Crippen LogP contribution is -2.32. The number of carbonyl (C=O) groups is 3. The van der Waals surface area contributed by atoms with E-state index in [4.69, 9.17) is 0 Å². The number of benzene rings is 1. The van der Waals surface area contributed by atoms with E-state index < -0.39 is 11.9 Å². The summed E-state index contributed by atoms with van der Waals surface area (Å²) in [5.74, 6) is -1.56. The number of amides is 1. The van der Waals surface area contributed by atoms with Gasteiger partial charge in [-0.25, -0.2) is 9.59 Å². The first-order chi connectivity index (χ1) is 10.6. The predicted molar refractivity (Wildman–Crippen MR) is 78.2 cm³/mol. The van der Waals surface area contributed by atoms with Gasteiger partial charge in [0.15, 0.2) is 0 Å². The third-order valence-electron chi connectivity index (χ3n) is 3.22. The lowest BCUT2D eigenvalue weighted by atomic mass is 9.98. The number of anilines is 1. The summed E-state index contributed by atoms with van der Waals surface area (Å²) in [4.78, 5) is 34.9. The van der Waals surface area contributed by atoms with E-state index in [1.165, 1.54) is 14.2 Å². The van der Waals surface area contributed by atoms with Crippen molar-refractivity contribution >= 4 is 23.5 Å². The molecule has 7 nitrogen and oxygen atoms in total. The number of carbonyl (C=O) groups excluding carboxylic acids is 3. The smallest absolute Gasteiger partial charge is 0.354 e. The Bertz CT molecular complexity index is 651. The van der Waals surface area contributed by atoms with Gasteiger partial charge in [-0.3, -0.25) is 4.79 Å². The highest BCUT2D eigenvalue weighted by molar-refractivity contribution is 6.01. The van der Waals surface area contributed by atoms with Gasteiger partial charge in [-0.1, -0.05) is 6.07 Å². The van der Waals surface area contributed by atoms with Crippen LogP contribution in [0.15, 0.2) is 30.0 Å². The minimum atomic E-state index is -0.705. The lowest BCUT2D eigenvalue weighted by molar-refractivity contribution is -0.138. The van der Waals surface area contributed by atoms with Crippen molar-refractivity contribution in [2.24, 2.45) is 0 Å². The van der Waals surface area contributed by atoms with E-state index in [-0.39, 0.29) is 11.6 Å². The molecule has 0 saturated carbocycles. The Balaban J connectivity index is 2.37. The molecule has 22 heavy (non-hydrogen) atoms. The number of fused-ring (bicyclic) bond motifs is 1. The van der Waals surface area contributed by atoms with Crippen molar-refractivity contribution in [3.63, 3.8) is 0 Å². The summed E-state index contributed by atoms with van der Waals surface area (Å²) >= 11 is 0. The molecule has 0 unspecified atom stereocenters. The van der Waals surface area contributed by atoms with Crippen molar-refractivity contribution in [3.8, 4) is 0 Å². The zero-order chi connectivity index (χ0) is 16.1. The largest absolute Gasteiger partial charge is 0.466 e. The number of hydrogen-bond acceptors (Lipinski definition) is 6. The van der Waals surface area contributed by atoms with E-state index >= 15 is 0 Å². The van der Waals surface area contributed by atoms with E-state index in [1.54, 1.807) is 18.2 Å². The van der Waals surface area contributed by atoms with Crippen LogP contribution in [0.25, 0.3) is 0 Å². The number of ether oxygens (including phenoxy) is 2. The van der Waals surface area contributed by atoms with Crippen LogP contribution in [0.3, 0.4) is 0 Å².